The minimum Gasteiger partial charge on any atom is -0.486 e. The van der Waals surface area contributed by atoms with E-state index in [1.54, 1.807) is 0 Å². The topological polar surface area (TPSA) is 31.0 Å². The van der Waals surface area contributed by atoms with E-state index in [0.717, 1.165) is 24.3 Å². The first-order valence-electron chi connectivity index (χ1n) is 6.82. The van der Waals surface area contributed by atoms with E-state index in [4.69, 9.17) is 14.2 Å². The number of benzene rings is 1. The maximum absolute atomic E-state index is 5.66. The van der Waals surface area contributed by atoms with Crippen molar-refractivity contribution in [3.63, 3.8) is 0 Å². The summed E-state index contributed by atoms with van der Waals surface area (Å²) in [7, 11) is 0. The van der Waals surface area contributed by atoms with E-state index >= 15 is 0 Å². The summed E-state index contributed by atoms with van der Waals surface area (Å²) in [6.07, 6.45) is 3.09. The summed E-state index contributed by atoms with van der Waals surface area (Å²) < 4.78 is 16.8. The van der Waals surface area contributed by atoms with Gasteiger partial charge in [0.2, 0.25) is 0 Å². The number of rotatable bonds is 4. The quantitative estimate of drug-likeness (QED) is 0.768. The second-order valence-corrected chi connectivity index (χ2v) is 5.21. The Morgan fingerprint density at radius 3 is 2.72 bits per heavy atom. The minimum absolute atomic E-state index is 0.447. The smallest absolute Gasteiger partial charge is 0.161 e. The molecule has 0 amide bonds. The van der Waals surface area contributed by atoms with E-state index in [1.165, 1.54) is 5.56 Å². The van der Waals surface area contributed by atoms with Crippen molar-refractivity contribution in [2.75, 3.05) is 13.2 Å². The third-order valence-corrected chi connectivity index (χ3v) is 3.75. The Hall–Kier alpha value is -1.22. The number of epoxide rings is 1. The van der Waals surface area contributed by atoms with Gasteiger partial charge in [0.1, 0.15) is 13.2 Å². The van der Waals surface area contributed by atoms with Crippen LogP contribution < -0.4 is 9.47 Å². The van der Waals surface area contributed by atoms with Crippen LogP contribution in [0.15, 0.2) is 18.2 Å². The molecule has 0 saturated carbocycles. The fourth-order valence-corrected chi connectivity index (χ4v) is 2.69. The SMILES string of the molecule is CCC1OC1C(C)Cc1ccc2c(c1)OCCO2. The summed E-state index contributed by atoms with van der Waals surface area (Å²) in [6.45, 7) is 5.74. The van der Waals surface area contributed by atoms with Crippen molar-refractivity contribution in [1.29, 1.82) is 0 Å². The highest BCUT2D eigenvalue weighted by atomic mass is 16.6. The lowest BCUT2D eigenvalue weighted by molar-refractivity contribution is 0.171. The van der Waals surface area contributed by atoms with Crippen LogP contribution in [-0.4, -0.2) is 25.4 Å². The maximum Gasteiger partial charge on any atom is 0.161 e. The minimum atomic E-state index is 0.447. The summed E-state index contributed by atoms with van der Waals surface area (Å²) in [6, 6.07) is 6.25. The molecular formula is C15H20O3. The Kier molecular flexibility index (Phi) is 3.16. The normalized spacial score (nSPS) is 26.8. The third kappa shape index (κ3) is 2.32. The van der Waals surface area contributed by atoms with Gasteiger partial charge in [0.05, 0.1) is 12.2 Å². The molecule has 3 rings (SSSR count). The first-order chi connectivity index (χ1) is 8.78. The molecule has 98 valence electrons. The summed E-state index contributed by atoms with van der Waals surface area (Å²) >= 11 is 0. The van der Waals surface area contributed by atoms with Crippen LogP contribution in [0, 0.1) is 5.92 Å². The molecule has 0 bridgehead atoms. The van der Waals surface area contributed by atoms with E-state index in [9.17, 15) is 0 Å². The highest BCUT2D eigenvalue weighted by molar-refractivity contribution is 5.43. The van der Waals surface area contributed by atoms with Crippen LogP contribution >= 0.6 is 0 Å². The van der Waals surface area contributed by atoms with Gasteiger partial charge >= 0.3 is 0 Å². The fourth-order valence-electron chi connectivity index (χ4n) is 2.69. The van der Waals surface area contributed by atoms with E-state index in [1.807, 2.05) is 6.07 Å². The molecule has 0 radical (unpaired) electrons. The van der Waals surface area contributed by atoms with Crippen molar-refractivity contribution in [3.05, 3.63) is 23.8 Å². The van der Waals surface area contributed by atoms with Crippen molar-refractivity contribution in [1.82, 2.24) is 0 Å². The Morgan fingerprint density at radius 1 is 1.22 bits per heavy atom. The van der Waals surface area contributed by atoms with Crippen LogP contribution in [0.4, 0.5) is 0 Å². The summed E-state index contributed by atoms with van der Waals surface area (Å²) in [5.41, 5.74) is 1.30. The van der Waals surface area contributed by atoms with Gasteiger partial charge in [-0.1, -0.05) is 19.9 Å². The Morgan fingerprint density at radius 2 is 2.00 bits per heavy atom. The zero-order valence-electron chi connectivity index (χ0n) is 11.0. The van der Waals surface area contributed by atoms with Crippen LogP contribution in [0.25, 0.3) is 0 Å². The lowest BCUT2D eigenvalue weighted by atomic mass is 9.95. The first kappa shape index (κ1) is 11.8. The van der Waals surface area contributed by atoms with Crippen molar-refractivity contribution in [2.45, 2.75) is 38.9 Å². The van der Waals surface area contributed by atoms with Crippen molar-refractivity contribution in [2.24, 2.45) is 5.92 Å². The van der Waals surface area contributed by atoms with Gasteiger partial charge in [-0.3, -0.25) is 0 Å². The number of hydrogen-bond donors (Lipinski definition) is 0. The molecule has 0 aromatic heterocycles. The molecule has 1 fully saturated rings. The predicted octanol–water partition coefficient (Wildman–Crippen LogP) is 2.81. The summed E-state index contributed by atoms with van der Waals surface area (Å²) in [5.74, 6) is 2.32. The van der Waals surface area contributed by atoms with Gasteiger partial charge in [-0.25, -0.2) is 0 Å². The maximum atomic E-state index is 5.66. The standard InChI is InChI=1S/C15H20O3/c1-3-12-15(18-12)10(2)8-11-4-5-13-14(9-11)17-7-6-16-13/h4-5,9-10,12,15H,3,6-8H2,1-2H3. The second-order valence-electron chi connectivity index (χ2n) is 5.21. The molecule has 3 heteroatoms. The summed E-state index contributed by atoms with van der Waals surface area (Å²) in [5, 5.41) is 0. The molecule has 0 N–H and O–H groups in total. The van der Waals surface area contributed by atoms with Gasteiger partial charge in [-0.15, -0.1) is 0 Å². The van der Waals surface area contributed by atoms with Gasteiger partial charge < -0.3 is 14.2 Å². The highest BCUT2D eigenvalue weighted by Crippen LogP contribution is 2.35. The zero-order valence-corrected chi connectivity index (χ0v) is 11.0. The molecule has 1 aromatic rings. The van der Waals surface area contributed by atoms with Crippen LogP contribution in [0.2, 0.25) is 0 Å². The molecule has 18 heavy (non-hydrogen) atoms. The Labute approximate surface area is 108 Å². The van der Waals surface area contributed by atoms with Crippen LogP contribution in [-0.2, 0) is 11.2 Å². The largest absolute Gasteiger partial charge is 0.486 e. The molecule has 3 atom stereocenters. The van der Waals surface area contributed by atoms with E-state index < -0.39 is 0 Å². The lowest BCUT2D eigenvalue weighted by Gasteiger charge is -2.19. The second kappa shape index (κ2) is 4.81. The van der Waals surface area contributed by atoms with Gasteiger partial charge in [0, 0.05) is 0 Å². The lowest BCUT2D eigenvalue weighted by Crippen LogP contribution is -2.16. The van der Waals surface area contributed by atoms with Gasteiger partial charge in [-0.05, 0) is 36.5 Å². The number of fused-ring (bicyclic) bond motifs is 1. The predicted molar refractivity (Wildman–Crippen MR) is 69.3 cm³/mol. The molecule has 3 nitrogen and oxygen atoms in total. The Balaban J connectivity index is 1.66. The average Bonchev–Trinajstić information content (AvgIpc) is 3.18. The summed E-state index contributed by atoms with van der Waals surface area (Å²) in [4.78, 5) is 0. The molecule has 2 heterocycles. The molecule has 2 aliphatic rings. The van der Waals surface area contributed by atoms with Crippen molar-refractivity contribution >= 4 is 0 Å². The van der Waals surface area contributed by atoms with E-state index in [0.29, 0.717) is 31.3 Å². The van der Waals surface area contributed by atoms with Crippen LogP contribution in [0.3, 0.4) is 0 Å². The molecule has 0 aliphatic carbocycles. The molecule has 3 unspecified atom stereocenters. The molecule has 1 aromatic carbocycles. The molecular weight excluding hydrogens is 228 g/mol. The van der Waals surface area contributed by atoms with Crippen molar-refractivity contribution < 1.29 is 14.2 Å². The monoisotopic (exact) mass is 248 g/mol. The highest BCUT2D eigenvalue weighted by Gasteiger charge is 2.41. The fraction of sp³-hybridized carbons (Fsp3) is 0.600. The Bertz CT molecular complexity index is 430. The van der Waals surface area contributed by atoms with Crippen LogP contribution in [0.5, 0.6) is 11.5 Å². The van der Waals surface area contributed by atoms with Gasteiger partial charge in [0.25, 0.3) is 0 Å². The molecule has 0 spiro atoms. The number of hydrogen-bond acceptors (Lipinski definition) is 3. The molecule has 2 aliphatic heterocycles. The van der Waals surface area contributed by atoms with E-state index in [2.05, 4.69) is 26.0 Å². The molecule has 1 saturated heterocycles. The number of ether oxygens (including phenoxy) is 3. The van der Waals surface area contributed by atoms with Gasteiger partial charge in [0.15, 0.2) is 11.5 Å². The average molecular weight is 248 g/mol. The van der Waals surface area contributed by atoms with Crippen molar-refractivity contribution in [3.8, 4) is 11.5 Å². The third-order valence-electron chi connectivity index (χ3n) is 3.75. The van der Waals surface area contributed by atoms with Crippen LogP contribution in [0.1, 0.15) is 25.8 Å². The van der Waals surface area contributed by atoms with Gasteiger partial charge in [-0.2, -0.15) is 0 Å². The zero-order chi connectivity index (χ0) is 12.5. The van der Waals surface area contributed by atoms with E-state index in [-0.39, 0.29) is 0 Å². The first-order valence-corrected chi connectivity index (χ1v) is 6.82.